The van der Waals surface area contributed by atoms with E-state index in [1.54, 1.807) is 18.3 Å². The van der Waals surface area contributed by atoms with Gasteiger partial charge in [0.1, 0.15) is 11.3 Å². The van der Waals surface area contributed by atoms with Gasteiger partial charge >= 0.3 is 0 Å². The van der Waals surface area contributed by atoms with Crippen molar-refractivity contribution < 1.29 is 14.3 Å². The highest BCUT2D eigenvalue weighted by Gasteiger charge is 2.30. The zero-order valence-corrected chi connectivity index (χ0v) is 20.7. The molecule has 2 atom stereocenters. The quantitative estimate of drug-likeness (QED) is 0.350. The van der Waals surface area contributed by atoms with Gasteiger partial charge in [-0.05, 0) is 57.1 Å². The van der Waals surface area contributed by atoms with Gasteiger partial charge in [0.15, 0.2) is 5.65 Å². The summed E-state index contributed by atoms with van der Waals surface area (Å²) in [5, 5.41) is 16.9. The molecule has 5 N–H and O–H groups in total. The molecule has 192 valence electrons. The number of nitrogens with two attached hydrogens (primary N) is 1. The van der Waals surface area contributed by atoms with E-state index in [9.17, 15) is 14.3 Å². The molecule has 2 aliphatic carbocycles. The lowest BCUT2D eigenvalue weighted by atomic mass is 9.85. The summed E-state index contributed by atoms with van der Waals surface area (Å²) in [5.41, 5.74) is 6.86. The van der Waals surface area contributed by atoms with Gasteiger partial charge < -0.3 is 21.5 Å². The highest BCUT2D eigenvalue weighted by atomic mass is 35.5. The fourth-order valence-corrected chi connectivity index (χ4v) is 5.60. The summed E-state index contributed by atoms with van der Waals surface area (Å²) in [6.07, 6.45) is 8.50. The molecule has 11 heteroatoms. The van der Waals surface area contributed by atoms with E-state index in [-0.39, 0.29) is 40.7 Å². The molecule has 2 saturated carbocycles. The first-order chi connectivity index (χ1) is 17.4. The molecular formula is C25H31ClFN7O2. The summed E-state index contributed by atoms with van der Waals surface area (Å²) in [6, 6.07) is 4.56. The maximum absolute atomic E-state index is 14.6. The van der Waals surface area contributed by atoms with Crippen molar-refractivity contribution in [2.75, 3.05) is 10.6 Å². The number of halogens is 2. The van der Waals surface area contributed by atoms with Gasteiger partial charge in [-0.2, -0.15) is 4.98 Å². The van der Waals surface area contributed by atoms with Gasteiger partial charge in [0.2, 0.25) is 17.8 Å². The summed E-state index contributed by atoms with van der Waals surface area (Å²) in [4.78, 5) is 25.7. The number of carbonyl (C=O) groups excluding carboxylic acids is 1. The Bertz CT molecular complexity index is 1220. The third kappa shape index (κ3) is 5.24. The molecule has 0 saturated heterocycles. The Labute approximate surface area is 213 Å². The molecule has 2 fully saturated rings. The first-order valence-corrected chi connectivity index (χ1v) is 13.0. The normalized spacial score (nSPS) is 24.9. The minimum Gasteiger partial charge on any atom is -0.393 e. The van der Waals surface area contributed by atoms with Crippen LogP contribution in [-0.4, -0.2) is 42.7 Å². The number of imidazole rings is 1. The van der Waals surface area contributed by atoms with Gasteiger partial charge in [0.25, 0.3) is 0 Å². The molecule has 1 aromatic carbocycles. The largest absolute Gasteiger partial charge is 0.393 e. The van der Waals surface area contributed by atoms with Crippen molar-refractivity contribution in [3.63, 3.8) is 0 Å². The van der Waals surface area contributed by atoms with Crippen molar-refractivity contribution >= 4 is 46.3 Å². The van der Waals surface area contributed by atoms with Crippen LogP contribution in [0.1, 0.15) is 63.8 Å². The van der Waals surface area contributed by atoms with E-state index in [1.807, 2.05) is 4.57 Å². The van der Waals surface area contributed by atoms with Gasteiger partial charge in [-0.15, -0.1) is 0 Å². The van der Waals surface area contributed by atoms with Crippen molar-refractivity contribution in [3.8, 4) is 0 Å². The average Bonchev–Trinajstić information content (AvgIpc) is 3.08. The van der Waals surface area contributed by atoms with Crippen molar-refractivity contribution in [1.82, 2.24) is 19.5 Å². The Kier molecular flexibility index (Phi) is 7.25. The lowest BCUT2D eigenvalue weighted by molar-refractivity contribution is -0.122. The fourth-order valence-electron chi connectivity index (χ4n) is 5.39. The molecule has 5 rings (SSSR count). The van der Waals surface area contributed by atoms with Crippen LogP contribution < -0.4 is 16.4 Å². The molecule has 9 nitrogen and oxygen atoms in total. The fraction of sp³-hybridized carbons (Fsp3) is 0.520. The summed E-state index contributed by atoms with van der Waals surface area (Å²) < 4.78 is 16.6. The molecule has 0 bridgehead atoms. The van der Waals surface area contributed by atoms with Crippen molar-refractivity contribution in [2.24, 2.45) is 11.7 Å². The van der Waals surface area contributed by atoms with Crippen LogP contribution in [0.25, 0.3) is 11.2 Å². The van der Waals surface area contributed by atoms with E-state index in [2.05, 4.69) is 20.6 Å². The Morgan fingerprint density at radius 3 is 2.67 bits per heavy atom. The van der Waals surface area contributed by atoms with E-state index in [0.29, 0.717) is 55.2 Å². The van der Waals surface area contributed by atoms with E-state index in [0.717, 1.165) is 25.7 Å². The number of benzene rings is 1. The van der Waals surface area contributed by atoms with E-state index in [4.69, 9.17) is 22.3 Å². The molecule has 0 unspecified atom stereocenters. The predicted octanol–water partition coefficient (Wildman–Crippen LogP) is 4.68. The van der Waals surface area contributed by atoms with Crippen LogP contribution in [0.2, 0.25) is 5.02 Å². The highest BCUT2D eigenvalue weighted by Crippen LogP contribution is 2.38. The topological polar surface area (TPSA) is 131 Å². The zero-order valence-electron chi connectivity index (χ0n) is 20.0. The molecule has 2 aromatic heterocycles. The van der Waals surface area contributed by atoms with Crippen LogP contribution in [0.5, 0.6) is 0 Å². The Hall–Kier alpha value is -2.98. The molecule has 0 aliphatic heterocycles. The molecule has 36 heavy (non-hydrogen) atoms. The SMILES string of the molecule is NC(=O)[C@H]1CC[C@H](n2c(Nc3c(F)cccc3Cl)nc3cnc(N[C@@H]4CCCC[C@H](O)C4)nc32)CC1. The van der Waals surface area contributed by atoms with Crippen molar-refractivity contribution in [1.29, 1.82) is 0 Å². The van der Waals surface area contributed by atoms with E-state index < -0.39 is 5.82 Å². The summed E-state index contributed by atoms with van der Waals surface area (Å²) in [5.74, 6) is -0.0411. The maximum Gasteiger partial charge on any atom is 0.224 e. The number of hydrogen-bond acceptors (Lipinski definition) is 7. The van der Waals surface area contributed by atoms with E-state index >= 15 is 0 Å². The zero-order chi connectivity index (χ0) is 25.2. The summed E-state index contributed by atoms with van der Waals surface area (Å²) in [7, 11) is 0. The Morgan fingerprint density at radius 2 is 1.92 bits per heavy atom. The Balaban J connectivity index is 1.50. The number of hydrogen-bond donors (Lipinski definition) is 4. The molecule has 2 aliphatic rings. The molecule has 3 aromatic rings. The highest BCUT2D eigenvalue weighted by molar-refractivity contribution is 6.33. The number of fused-ring (bicyclic) bond motifs is 1. The van der Waals surface area contributed by atoms with Gasteiger partial charge in [-0.1, -0.05) is 30.5 Å². The van der Waals surface area contributed by atoms with Crippen LogP contribution in [0.3, 0.4) is 0 Å². The number of aromatic nitrogens is 4. The standard InChI is InChI=1S/C25H31ClFN7O2/c26-18-6-3-7-19(27)21(18)32-25-31-20-13-29-24(30-15-4-1-2-5-17(35)12-15)33-23(20)34(25)16-10-8-14(9-11-16)22(28)36/h3,6-7,13-17,35H,1-2,4-5,8-12H2,(H2,28,36)(H,31,32)(H,29,30,33)/t14-,15-,16-,17+/m1/s1. The maximum atomic E-state index is 14.6. The van der Waals surface area contributed by atoms with Gasteiger partial charge in [-0.25, -0.2) is 14.4 Å². The lowest BCUT2D eigenvalue weighted by Gasteiger charge is -2.29. The lowest BCUT2D eigenvalue weighted by Crippen LogP contribution is -2.29. The summed E-state index contributed by atoms with van der Waals surface area (Å²) in [6.45, 7) is 0. The first-order valence-electron chi connectivity index (χ1n) is 12.6. The number of carbonyl (C=O) groups is 1. The number of anilines is 3. The van der Waals surface area contributed by atoms with Crippen LogP contribution >= 0.6 is 11.6 Å². The monoisotopic (exact) mass is 515 g/mol. The van der Waals surface area contributed by atoms with Crippen LogP contribution in [-0.2, 0) is 4.79 Å². The minimum atomic E-state index is -0.487. The van der Waals surface area contributed by atoms with Crippen LogP contribution in [0.4, 0.5) is 22.0 Å². The predicted molar refractivity (Wildman–Crippen MR) is 137 cm³/mol. The Morgan fingerprint density at radius 1 is 1.14 bits per heavy atom. The number of para-hydroxylation sites is 1. The van der Waals surface area contributed by atoms with Crippen LogP contribution in [0.15, 0.2) is 24.4 Å². The van der Waals surface area contributed by atoms with Crippen molar-refractivity contribution in [2.45, 2.75) is 76.0 Å². The second kappa shape index (κ2) is 10.6. The van der Waals surface area contributed by atoms with Gasteiger partial charge in [0, 0.05) is 18.0 Å². The van der Waals surface area contributed by atoms with Crippen LogP contribution in [0, 0.1) is 11.7 Å². The molecule has 2 heterocycles. The number of amides is 1. The van der Waals surface area contributed by atoms with E-state index in [1.165, 1.54) is 6.07 Å². The number of nitrogens with one attached hydrogen (secondary N) is 2. The van der Waals surface area contributed by atoms with Gasteiger partial charge in [-0.3, -0.25) is 9.36 Å². The third-order valence-electron chi connectivity index (χ3n) is 7.33. The number of aliphatic hydroxyl groups is 1. The number of primary amides is 1. The number of nitrogens with zero attached hydrogens (tertiary/aromatic N) is 4. The van der Waals surface area contributed by atoms with Crippen molar-refractivity contribution in [3.05, 3.63) is 35.2 Å². The molecule has 0 radical (unpaired) electrons. The molecule has 1 amide bonds. The molecular weight excluding hydrogens is 485 g/mol. The second-order valence-corrected chi connectivity index (χ2v) is 10.3. The summed E-state index contributed by atoms with van der Waals surface area (Å²) >= 11 is 6.28. The first kappa shape index (κ1) is 24.7. The third-order valence-corrected chi connectivity index (χ3v) is 7.64. The number of aliphatic hydroxyl groups excluding tert-OH is 1. The minimum absolute atomic E-state index is 0.0129. The molecule has 0 spiro atoms. The smallest absolute Gasteiger partial charge is 0.224 e. The van der Waals surface area contributed by atoms with Gasteiger partial charge in [0.05, 0.1) is 23.0 Å². The average molecular weight is 516 g/mol. The number of rotatable bonds is 6. The second-order valence-electron chi connectivity index (χ2n) is 9.85.